The third-order valence-electron chi connectivity index (χ3n) is 4.72. The zero-order chi connectivity index (χ0) is 20.0. The van der Waals surface area contributed by atoms with E-state index in [2.05, 4.69) is 4.72 Å². The zero-order valence-corrected chi connectivity index (χ0v) is 17.2. The second-order valence-corrected chi connectivity index (χ2v) is 8.67. The smallest absolute Gasteiger partial charge is 0.279 e. The van der Waals surface area contributed by atoms with Crippen LogP contribution in [0.2, 0.25) is 0 Å². The number of nitrogens with zero attached hydrogens (tertiary/aromatic N) is 2. The van der Waals surface area contributed by atoms with Gasteiger partial charge in [0.15, 0.2) is 11.5 Å². The normalized spacial score (nSPS) is 15.8. The Kier molecular flexibility index (Phi) is 7.46. The van der Waals surface area contributed by atoms with Crippen molar-refractivity contribution in [3.05, 3.63) is 23.8 Å². The predicted molar refractivity (Wildman–Crippen MR) is 103 cm³/mol. The summed E-state index contributed by atoms with van der Waals surface area (Å²) in [6, 6.07) is 5.51. The minimum absolute atomic E-state index is 0.0821. The van der Waals surface area contributed by atoms with Gasteiger partial charge in [-0.05, 0) is 37.0 Å². The minimum Gasteiger partial charge on any atom is -0.493 e. The molecule has 1 heterocycles. The monoisotopic (exact) mass is 399 g/mol. The Balaban J connectivity index is 1.83. The summed E-state index contributed by atoms with van der Waals surface area (Å²) in [5, 5.41) is 0. The molecule has 1 aromatic carbocycles. The zero-order valence-electron chi connectivity index (χ0n) is 16.4. The molecule has 0 spiro atoms. The molecule has 1 saturated heterocycles. The quantitative estimate of drug-likeness (QED) is 0.705. The Bertz CT molecular complexity index is 743. The second kappa shape index (κ2) is 9.38. The topological polar surface area (TPSA) is 88.2 Å². The largest absolute Gasteiger partial charge is 0.493 e. The van der Waals surface area contributed by atoms with Crippen LogP contribution >= 0.6 is 0 Å². The van der Waals surface area contributed by atoms with Crippen molar-refractivity contribution in [3.8, 4) is 11.5 Å². The Hall–Kier alpha value is -1.84. The molecule has 27 heavy (non-hydrogen) atoms. The van der Waals surface area contributed by atoms with Crippen LogP contribution in [0.3, 0.4) is 0 Å². The summed E-state index contributed by atoms with van der Waals surface area (Å²) in [7, 11) is 2.73. The average molecular weight is 400 g/mol. The lowest BCUT2D eigenvalue weighted by Gasteiger charge is -2.32. The minimum atomic E-state index is -3.44. The van der Waals surface area contributed by atoms with Gasteiger partial charge in [0.05, 0.1) is 14.2 Å². The molecule has 0 saturated carbocycles. The number of likely N-dealkylation sites (tertiary alicyclic amines) is 1. The molecule has 8 nitrogen and oxygen atoms in total. The lowest BCUT2D eigenvalue weighted by molar-refractivity contribution is -0.132. The maximum Gasteiger partial charge on any atom is 0.279 e. The highest BCUT2D eigenvalue weighted by Crippen LogP contribution is 2.28. The number of rotatable bonds is 8. The molecule has 2 rings (SSSR count). The van der Waals surface area contributed by atoms with Gasteiger partial charge in [-0.15, -0.1) is 0 Å². The van der Waals surface area contributed by atoms with Crippen LogP contribution < -0.4 is 14.2 Å². The van der Waals surface area contributed by atoms with E-state index in [0.29, 0.717) is 50.3 Å². The van der Waals surface area contributed by atoms with Crippen LogP contribution in [0.1, 0.15) is 24.8 Å². The number of benzene rings is 1. The van der Waals surface area contributed by atoms with Crippen molar-refractivity contribution >= 4 is 16.1 Å². The van der Waals surface area contributed by atoms with Crippen molar-refractivity contribution in [2.24, 2.45) is 0 Å². The lowest BCUT2D eigenvalue weighted by atomic mass is 10.0. The summed E-state index contributed by atoms with van der Waals surface area (Å²) in [4.78, 5) is 14.3. The number of piperidine rings is 1. The van der Waals surface area contributed by atoms with Crippen molar-refractivity contribution in [1.82, 2.24) is 13.9 Å². The molecule has 1 aliphatic heterocycles. The number of hydrogen-bond acceptors (Lipinski definition) is 5. The third kappa shape index (κ3) is 5.82. The number of aryl methyl sites for hydroxylation is 1. The third-order valence-corrected chi connectivity index (χ3v) is 6.31. The van der Waals surface area contributed by atoms with Crippen molar-refractivity contribution in [1.29, 1.82) is 0 Å². The van der Waals surface area contributed by atoms with Gasteiger partial charge < -0.3 is 14.4 Å². The van der Waals surface area contributed by atoms with E-state index in [9.17, 15) is 13.2 Å². The summed E-state index contributed by atoms with van der Waals surface area (Å²) >= 11 is 0. The first-order valence-electron chi connectivity index (χ1n) is 8.95. The first-order chi connectivity index (χ1) is 12.8. The summed E-state index contributed by atoms with van der Waals surface area (Å²) in [5.74, 6) is 1.39. The molecule has 1 aliphatic rings. The number of nitrogens with one attached hydrogen (secondary N) is 1. The molecule has 152 valence electrons. The summed E-state index contributed by atoms with van der Waals surface area (Å²) < 4.78 is 38.1. The molecular formula is C18H29N3O5S. The van der Waals surface area contributed by atoms with E-state index >= 15 is 0 Å². The van der Waals surface area contributed by atoms with Gasteiger partial charge in [-0.3, -0.25) is 4.79 Å². The Morgan fingerprint density at radius 3 is 2.37 bits per heavy atom. The van der Waals surface area contributed by atoms with E-state index in [-0.39, 0.29) is 11.9 Å². The van der Waals surface area contributed by atoms with Crippen molar-refractivity contribution < 1.29 is 22.7 Å². The van der Waals surface area contributed by atoms with E-state index in [1.807, 2.05) is 18.2 Å². The van der Waals surface area contributed by atoms with Crippen LogP contribution in [-0.4, -0.2) is 71.0 Å². The van der Waals surface area contributed by atoms with Crippen LogP contribution in [0.25, 0.3) is 0 Å². The number of carbonyl (C=O) groups excluding carboxylic acids is 1. The summed E-state index contributed by atoms with van der Waals surface area (Å²) in [5.41, 5.74) is 1.01. The maximum atomic E-state index is 12.5. The summed E-state index contributed by atoms with van der Waals surface area (Å²) in [6.45, 7) is 1.12. The fraction of sp³-hybridized carbons (Fsp3) is 0.611. The Labute approximate surface area is 161 Å². The SMILES string of the molecule is COc1ccc(CCC(=O)N2CCC(NS(=O)(=O)N(C)C)CC2)cc1OC. The number of ether oxygens (including phenoxy) is 2. The molecule has 0 radical (unpaired) electrons. The van der Waals surface area contributed by atoms with E-state index < -0.39 is 10.2 Å². The van der Waals surface area contributed by atoms with Gasteiger partial charge in [-0.25, -0.2) is 0 Å². The molecule has 1 N–H and O–H groups in total. The highest BCUT2D eigenvalue weighted by Gasteiger charge is 2.26. The molecule has 9 heteroatoms. The van der Waals surface area contributed by atoms with E-state index in [1.165, 1.54) is 14.1 Å². The molecule has 0 aliphatic carbocycles. The molecular weight excluding hydrogens is 370 g/mol. The van der Waals surface area contributed by atoms with Gasteiger partial charge in [-0.2, -0.15) is 17.4 Å². The molecule has 1 amide bonds. The van der Waals surface area contributed by atoms with Gasteiger partial charge in [0, 0.05) is 39.6 Å². The van der Waals surface area contributed by atoms with Gasteiger partial charge in [0.1, 0.15) is 0 Å². The molecule has 0 unspecified atom stereocenters. The number of carbonyl (C=O) groups is 1. The average Bonchev–Trinajstić information content (AvgIpc) is 2.66. The molecule has 0 atom stereocenters. The van der Waals surface area contributed by atoms with Crippen LogP contribution in [0.15, 0.2) is 18.2 Å². The van der Waals surface area contributed by atoms with Crippen LogP contribution in [-0.2, 0) is 21.4 Å². The Morgan fingerprint density at radius 1 is 1.19 bits per heavy atom. The van der Waals surface area contributed by atoms with Crippen molar-refractivity contribution in [3.63, 3.8) is 0 Å². The Morgan fingerprint density at radius 2 is 1.81 bits per heavy atom. The number of hydrogen-bond donors (Lipinski definition) is 1. The first kappa shape index (κ1) is 21.5. The van der Waals surface area contributed by atoms with Gasteiger partial charge in [0.2, 0.25) is 5.91 Å². The van der Waals surface area contributed by atoms with Crippen molar-refractivity contribution in [2.75, 3.05) is 41.4 Å². The number of methoxy groups -OCH3 is 2. The van der Waals surface area contributed by atoms with Gasteiger partial charge in [-0.1, -0.05) is 6.07 Å². The van der Waals surface area contributed by atoms with Crippen LogP contribution in [0.5, 0.6) is 11.5 Å². The standard InChI is InChI=1S/C18H29N3O5S/c1-20(2)27(23,24)19-15-9-11-21(12-10-15)18(22)8-6-14-5-7-16(25-3)17(13-14)26-4/h5,7,13,15,19H,6,8-12H2,1-4H3. The fourth-order valence-electron chi connectivity index (χ4n) is 3.01. The fourth-order valence-corrected chi connectivity index (χ4v) is 3.88. The van der Waals surface area contributed by atoms with Crippen molar-refractivity contribution in [2.45, 2.75) is 31.7 Å². The van der Waals surface area contributed by atoms with Gasteiger partial charge in [0.25, 0.3) is 10.2 Å². The molecule has 0 bridgehead atoms. The predicted octanol–water partition coefficient (Wildman–Crippen LogP) is 1.02. The first-order valence-corrected chi connectivity index (χ1v) is 10.4. The molecule has 1 fully saturated rings. The van der Waals surface area contributed by atoms with Crippen LogP contribution in [0.4, 0.5) is 0 Å². The molecule has 1 aromatic rings. The number of amides is 1. The lowest BCUT2D eigenvalue weighted by Crippen LogP contribution is -2.49. The van der Waals surface area contributed by atoms with Crippen LogP contribution in [0, 0.1) is 0 Å². The molecule has 0 aromatic heterocycles. The van der Waals surface area contributed by atoms with E-state index in [4.69, 9.17) is 9.47 Å². The second-order valence-electron chi connectivity index (χ2n) is 6.75. The van der Waals surface area contributed by atoms with Gasteiger partial charge >= 0.3 is 0 Å². The highest BCUT2D eigenvalue weighted by molar-refractivity contribution is 7.87. The van der Waals surface area contributed by atoms with E-state index in [0.717, 1.165) is 9.87 Å². The highest BCUT2D eigenvalue weighted by atomic mass is 32.2. The summed E-state index contributed by atoms with van der Waals surface area (Å²) in [6.07, 6.45) is 2.26. The van der Waals surface area contributed by atoms with E-state index in [1.54, 1.807) is 19.1 Å². The maximum absolute atomic E-state index is 12.5.